The highest BCUT2D eigenvalue weighted by Gasteiger charge is 2.08. The monoisotopic (exact) mass is 272 g/mol. The highest BCUT2D eigenvalue weighted by molar-refractivity contribution is 7.09. The van der Waals surface area contributed by atoms with E-state index in [1.807, 2.05) is 0 Å². The Morgan fingerprint density at radius 2 is 2.17 bits per heavy atom. The Bertz CT molecular complexity index is 293. The minimum Gasteiger partial charge on any atom is -0.382 e. The molecule has 18 heavy (non-hydrogen) atoms. The van der Waals surface area contributed by atoms with Crippen LogP contribution in [-0.4, -0.2) is 46.1 Å². The van der Waals surface area contributed by atoms with Gasteiger partial charge in [-0.05, 0) is 18.4 Å². The molecule has 1 aromatic rings. The van der Waals surface area contributed by atoms with Crippen molar-refractivity contribution < 1.29 is 9.47 Å². The zero-order valence-corrected chi connectivity index (χ0v) is 12.3. The molecule has 0 bridgehead atoms. The Hall–Kier alpha value is -0.460. The number of ether oxygens (including phenoxy) is 2. The lowest BCUT2D eigenvalue weighted by Gasteiger charge is -2.19. The van der Waals surface area contributed by atoms with Gasteiger partial charge in [-0.2, -0.15) is 0 Å². The first-order valence-corrected chi connectivity index (χ1v) is 7.12. The summed E-state index contributed by atoms with van der Waals surface area (Å²) in [6.07, 6.45) is 0.120. The molecule has 1 aromatic heterocycles. The van der Waals surface area contributed by atoms with Crippen LogP contribution in [0.2, 0.25) is 0 Å². The fraction of sp³-hybridized carbons (Fsp3) is 0.692. The minimum atomic E-state index is 0.120. The molecule has 0 aliphatic rings. The van der Waals surface area contributed by atoms with Gasteiger partial charge in [-0.3, -0.25) is 0 Å². The van der Waals surface area contributed by atoms with Gasteiger partial charge in [-0.1, -0.05) is 6.07 Å². The second-order valence-corrected chi connectivity index (χ2v) is 5.36. The van der Waals surface area contributed by atoms with Crippen LogP contribution in [0.3, 0.4) is 0 Å². The van der Waals surface area contributed by atoms with E-state index in [2.05, 4.69) is 35.1 Å². The van der Waals surface area contributed by atoms with Crippen molar-refractivity contribution in [2.45, 2.75) is 25.6 Å². The topological polar surface area (TPSA) is 42.5 Å². The highest BCUT2D eigenvalue weighted by Crippen LogP contribution is 2.07. The molecule has 0 amide bonds. The van der Waals surface area contributed by atoms with Crippen LogP contribution in [0.4, 0.5) is 0 Å². The molecule has 0 saturated heterocycles. The van der Waals surface area contributed by atoms with Crippen LogP contribution >= 0.6 is 11.3 Å². The van der Waals surface area contributed by atoms with Crippen molar-refractivity contribution in [3.05, 3.63) is 22.4 Å². The molecule has 0 radical (unpaired) electrons. The number of thiophene rings is 1. The highest BCUT2D eigenvalue weighted by atomic mass is 32.1. The zero-order chi connectivity index (χ0) is 13.2. The molecule has 104 valence electrons. The van der Waals surface area contributed by atoms with Crippen molar-refractivity contribution in [1.29, 1.82) is 0 Å². The van der Waals surface area contributed by atoms with Gasteiger partial charge in [0.15, 0.2) is 0 Å². The average molecular weight is 272 g/mol. The molecule has 0 aliphatic carbocycles. The molecule has 0 fully saturated rings. The molecular weight excluding hydrogens is 248 g/mol. The summed E-state index contributed by atoms with van der Waals surface area (Å²) in [4.78, 5) is 1.37. The van der Waals surface area contributed by atoms with Gasteiger partial charge < -0.3 is 20.1 Å². The zero-order valence-electron chi connectivity index (χ0n) is 11.4. The molecule has 2 atom stereocenters. The van der Waals surface area contributed by atoms with Gasteiger partial charge in [0.2, 0.25) is 0 Å². The van der Waals surface area contributed by atoms with Crippen molar-refractivity contribution in [2.24, 2.45) is 0 Å². The van der Waals surface area contributed by atoms with Gasteiger partial charge in [-0.25, -0.2) is 0 Å². The van der Waals surface area contributed by atoms with Crippen molar-refractivity contribution in [3.8, 4) is 0 Å². The van der Waals surface area contributed by atoms with Gasteiger partial charge in [-0.15, -0.1) is 11.3 Å². The maximum absolute atomic E-state index is 5.30. The van der Waals surface area contributed by atoms with E-state index in [-0.39, 0.29) is 6.10 Å². The molecule has 1 heterocycles. The van der Waals surface area contributed by atoms with Crippen molar-refractivity contribution in [2.75, 3.05) is 33.9 Å². The second kappa shape index (κ2) is 9.47. The first kappa shape index (κ1) is 15.6. The molecule has 0 spiro atoms. The fourth-order valence-corrected chi connectivity index (χ4v) is 2.30. The quantitative estimate of drug-likeness (QED) is 0.677. The van der Waals surface area contributed by atoms with Crippen LogP contribution in [0, 0.1) is 0 Å². The van der Waals surface area contributed by atoms with E-state index in [4.69, 9.17) is 9.47 Å². The Morgan fingerprint density at radius 1 is 1.33 bits per heavy atom. The minimum absolute atomic E-state index is 0.120. The molecule has 0 aromatic carbocycles. The summed E-state index contributed by atoms with van der Waals surface area (Å²) in [6, 6.07) is 4.64. The summed E-state index contributed by atoms with van der Waals surface area (Å²) in [5.74, 6) is 0. The number of hydrogen-bond donors (Lipinski definition) is 2. The van der Waals surface area contributed by atoms with Crippen LogP contribution in [0.5, 0.6) is 0 Å². The normalized spacial score (nSPS) is 14.6. The Morgan fingerprint density at radius 3 is 2.78 bits per heavy atom. The third-order valence-electron chi connectivity index (χ3n) is 2.71. The van der Waals surface area contributed by atoms with Crippen LogP contribution < -0.4 is 10.6 Å². The summed E-state index contributed by atoms with van der Waals surface area (Å²) in [5.41, 5.74) is 0. The third kappa shape index (κ3) is 6.47. The number of methoxy groups -OCH3 is 2. The van der Waals surface area contributed by atoms with E-state index < -0.39 is 0 Å². The smallest absolute Gasteiger partial charge is 0.0928 e. The average Bonchev–Trinajstić information content (AvgIpc) is 2.87. The van der Waals surface area contributed by atoms with Gasteiger partial charge in [0, 0.05) is 44.8 Å². The Balaban J connectivity index is 2.07. The molecule has 4 nitrogen and oxygen atoms in total. The number of rotatable bonds is 10. The van der Waals surface area contributed by atoms with Crippen molar-refractivity contribution in [1.82, 2.24) is 10.6 Å². The molecule has 0 aliphatic heterocycles. The van der Waals surface area contributed by atoms with E-state index in [9.17, 15) is 0 Å². The first-order valence-electron chi connectivity index (χ1n) is 6.24. The van der Waals surface area contributed by atoms with E-state index in [0.29, 0.717) is 12.6 Å². The molecule has 0 saturated carbocycles. The van der Waals surface area contributed by atoms with Crippen LogP contribution in [-0.2, 0) is 16.0 Å². The first-order chi connectivity index (χ1) is 8.76. The lowest BCUT2D eigenvalue weighted by atomic mass is 10.3. The predicted molar refractivity (Wildman–Crippen MR) is 76.2 cm³/mol. The summed E-state index contributed by atoms with van der Waals surface area (Å²) < 4.78 is 10.4. The Kier molecular flexibility index (Phi) is 8.20. The predicted octanol–water partition coefficient (Wildman–Crippen LogP) is 1.48. The van der Waals surface area contributed by atoms with Crippen molar-refractivity contribution >= 4 is 11.3 Å². The summed E-state index contributed by atoms with van der Waals surface area (Å²) in [5, 5.41) is 8.98. The molecule has 2 unspecified atom stereocenters. The van der Waals surface area contributed by atoms with Crippen LogP contribution in [0.1, 0.15) is 11.8 Å². The van der Waals surface area contributed by atoms with E-state index in [1.54, 1.807) is 25.6 Å². The molecule has 1 rings (SSSR count). The van der Waals surface area contributed by atoms with Crippen molar-refractivity contribution in [3.63, 3.8) is 0 Å². The van der Waals surface area contributed by atoms with Gasteiger partial charge in [0.25, 0.3) is 0 Å². The molecular formula is C13H24N2O2S. The maximum Gasteiger partial charge on any atom is 0.0928 e. The van der Waals surface area contributed by atoms with Crippen LogP contribution in [0.25, 0.3) is 0 Å². The largest absolute Gasteiger partial charge is 0.382 e. The third-order valence-corrected chi connectivity index (χ3v) is 3.59. The van der Waals surface area contributed by atoms with E-state index >= 15 is 0 Å². The fourth-order valence-electron chi connectivity index (χ4n) is 1.63. The summed E-state index contributed by atoms with van der Waals surface area (Å²) in [6.45, 7) is 5.49. The van der Waals surface area contributed by atoms with Gasteiger partial charge in [0.1, 0.15) is 0 Å². The standard InChI is InChI=1S/C13H24N2O2S/c1-11(15-8-12(17-3)10-16-2)7-14-9-13-5-4-6-18-13/h4-6,11-12,14-15H,7-10H2,1-3H3. The van der Waals surface area contributed by atoms with Crippen LogP contribution in [0.15, 0.2) is 17.5 Å². The SMILES string of the molecule is COCC(CNC(C)CNCc1cccs1)OC. The lowest BCUT2D eigenvalue weighted by Crippen LogP contribution is -2.41. The number of hydrogen-bond acceptors (Lipinski definition) is 5. The Labute approximate surface area is 114 Å². The van der Waals surface area contributed by atoms with Gasteiger partial charge >= 0.3 is 0 Å². The summed E-state index contributed by atoms with van der Waals surface area (Å²) in [7, 11) is 3.41. The molecule has 2 N–H and O–H groups in total. The maximum atomic E-state index is 5.30. The van der Waals surface area contributed by atoms with E-state index in [1.165, 1.54) is 4.88 Å². The lowest BCUT2D eigenvalue weighted by molar-refractivity contribution is 0.0276. The second-order valence-electron chi connectivity index (χ2n) is 4.33. The van der Waals surface area contributed by atoms with Gasteiger partial charge in [0.05, 0.1) is 12.7 Å². The molecule has 5 heteroatoms. The summed E-state index contributed by atoms with van der Waals surface area (Å²) >= 11 is 1.78. The number of nitrogens with one attached hydrogen (secondary N) is 2. The van der Waals surface area contributed by atoms with E-state index in [0.717, 1.165) is 19.6 Å².